The van der Waals surface area contributed by atoms with Gasteiger partial charge in [0, 0.05) is 12.7 Å². The Balaban J connectivity index is 1.58. The van der Waals surface area contributed by atoms with Crippen LogP contribution in [0.3, 0.4) is 0 Å². The third-order valence-electron chi connectivity index (χ3n) is 5.67. The van der Waals surface area contributed by atoms with E-state index in [4.69, 9.17) is 4.98 Å². The van der Waals surface area contributed by atoms with Gasteiger partial charge in [-0.05, 0) is 56.4 Å². The highest BCUT2D eigenvalue weighted by Gasteiger charge is 2.18. The molecule has 30 heavy (non-hydrogen) atoms. The Morgan fingerprint density at radius 2 is 2.03 bits per heavy atom. The van der Waals surface area contributed by atoms with Gasteiger partial charge in [0.15, 0.2) is 0 Å². The maximum absolute atomic E-state index is 12.7. The Labute approximate surface area is 177 Å². The monoisotopic (exact) mass is 416 g/mol. The minimum Gasteiger partial charge on any atom is -0.279 e. The van der Waals surface area contributed by atoms with Crippen LogP contribution in [0.1, 0.15) is 41.1 Å². The highest BCUT2D eigenvalue weighted by molar-refractivity contribution is 7.98. The van der Waals surface area contributed by atoms with E-state index in [1.807, 2.05) is 35.6 Å². The van der Waals surface area contributed by atoms with Crippen molar-refractivity contribution in [3.63, 3.8) is 0 Å². The largest absolute Gasteiger partial charge is 0.279 e. The summed E-state index contributed by atoms with van der Waals surface area (Å²) in [7, 11) is 1.71. The fraction of sp³-hybridized carbons (Fsp3) is 0.318. The second-order valence-electron chi connectivity index (χ2n) is 7.69. The van der Waals surface area contributed by atoms with E-state index in [-0.39, 0.29) is 5.56 Å². The molecule has 3 heterocycles. The fourth-order valence-corrected chi connectivity index (χ4v) is 4.98. The smallest absolute Gasteiger partial charge is 0.262 e. The summed E-state index contributed by atoms with van der Waals surface area (Å²) in [5.41, 5.74) is 4.65. The van der Waals surface area contributed by atoms with Crippen LogP contribution in [0.2, 0.25) is 0 Å². The van der Waals surface area contributed by atoms with Crippen LogP contribution in [-0.4, -0.2) is 24.1 Å². The summed E-state index contributed by atoms with van der Waals surface area (Å²) in [5.74, 6) is 1.73. The second-order valence-corrected chi connectivity index (χ2v) is 8.65. The predicted octanol–water partition coefficient (Wildman–Crippen LogP) is 3.33. The van der Waals surface area contributed by atoms with Crippen LogP contribution in [0.15, 0.2) is 34.1 Å². The van der Waals surface area contributed by atoms with E-state index in [0.717, 1.165) is 53.3 Å². The van der Waals surface area contributed by atoms with Gasteiger partial charge in [0.1, 0.15) is 16.9 Å². The molecule has 0 saturated heterocycles. The molecule has 8 heteroatoms. The van der Waals surface area contributed by atoms with Gasteiger partial charge in [0.2, 0.25) is 5.78 Å². The SMILES string of the molecule is Cc1ccc2c(c1)c(=O)n(C)c1nnc(CSc3nc4c(cc3C#N)CCCC4)n21. The number of fused-ring (bicyclic) bond motifs is 4. The van der Waals surface area contributed by atoms with E-state index >= 15 is 0 Å². The number of thioether (sulfide) groups is 1. The molecule has 0 amide bonds. The molecule has 150 valence electrons. The number of rotatable bonds is 3. The van der Waals surface area contributed by atoms with Crippen LogP contribution < -0.4 is 5.56 Å². The second kappa shape index (κ2) is 7.26. The van der Waals surface area contributed by atoms with E-state index in [9.17, 15) is 10.1 Å². The average molecular weight is 417 g/mol. The molecule has 0 N–H and O–H groups in total. The molecule has 0 bridgehead atoms. The van der Waals surface area contributed by atoms with Crippen LogP contribution in [0.25, 0.3) is 16.7 Å². The van der Waals surface area contributed by atoms with Crippen LogP contribution in [0.5, 0.6) is 0 Å². The molecular weight excluding hydrogens is 396 g/mol. The zero-order chi connectivity index (χ0) is 20.8. The van der Waals surface area contributed by atoms with Crippen molar-refractivity contribution in [3.8, 4) is 6.07 Å². The highest BCUT2D eigenvalue weighted by atomic mass is 32.2. The van der Waals surface area contributed by atoms with Gasteiger partial charge in [-0.1, -0.05) is 23.4 Å². The molecule has 7 nitrogen and oxygen atoms in total. The summed E-state index contributed by atoms with van der Waals surface area (Å²) in [5, 5.41) is 19.6. The summed E-state index contributed by atoms with van der Waals surface area (Å²) >= 11 is 1.49. The van der Waals surface area contributed by atoms with Crippen molar-refractivity contribution in [2.75, 3.05) is 0 Å². The van der Waals surface area contributed by atoms with Crippen molar-refractivity contribution in [1.82, 2.24) is 24.1 Å². The molecule has 1 aromatic carbocycles. The summed E-state index contributed by atoms with van der Waals surface area (Å²) in [6.07, 6.45) is 4.26. The van der Waals surface area contributed by atoms with Crippen LogP contribution in [0.4, 0.5) is 0 Å². The molecule has 0 spiro atoms. The summed E-state index contributed by atoms with van der Waals surface area (Å²) in [6, 6.07) is 10.1. The fourth-order valence-electron chi connectivity index (χ4n) is 4.09. The molecule has 1 aliphatic rings. The molecule has 5 rings (SSSR count). The first-order chi connectivity index (χ1) is 14.6. The molecule has 0 atom stereocenters. The van der Waals surface area contributed by atoms with Gasteiger partial charge in [0.25, 0.3) is 5.56 Å². The summed E-state index contributed by atoms with van der Waals surface area (Å²) in [4.78, 5) is 17.5. The van der Waals surface area contributed by atoms with E-state index in [1.54, 1.807) is 7.05 Å². The van der Waals surface area contributed by atoms with Gasteiger partial charge < -0.3 is 0 Å². The van der Waals surface area contributed by atoms with Gasteiger partial charge >= 0.3 is 0 Å². The van der Waals surface area contributed by atoms with Crippen LogP contribution in [-0.2, 0) is 25.6 Å². The molecule has 0 unspecified atom stereocenters. The van der Waals surface area contributed by atoms with Gasteiger partial charge in [-0.25, -0.2) is 4.98 Å². The van der Waals surface area contributed by atoms with Gasteiger partial charge in [-0.3, -0.25) is 13.8 Å². The first-order valence-electron chi connectivity index (χ1n) is 9.96. The lowest BCUT2D eigenvalue weighted by Gasteiger charge is -2.16. The average Bonchev–Trinajstić information content (AvgIpc) is 3.19. The molecule has 0 fully saturated rings. The number of pyridine rings is 1. The van der Waals surface area contributed by atoms with E-state index in [0.29, 0.717) is 22.5 Å². The van der Waals surface area contributed by atoms with Gasteiger partial charge in [-0.15, -0.1) is 10.2 Å². The predicted molar refractivity (Wildman–Crippen MR) is 116 cm³/mol. The lowest BCUT2D eigenvalue weighted by molar-refractivity contribution is 0.660. The van der Waals surface area contributed by atoms with Crippen molar-refractivity contribution in [3.05, 3.63) is 62.8 Å². The quantitative estimate of drug-likeness (QED) is 0.476. The van der Waals surface area contributed by atoms with Crippen molar-refractivity contribution < 1.29 is 0 Å². The van der Waals surface area contributed by atoms with Crippen molar-refractivity contribution >= 4 is 28.4 Å². The molecule has 4 aromatic rings. The van der Waals surface area contributed by atoms with Gasteiger partial charge in [0.05, 0.1) is 22.2 Å². The van der Waals surface area contributed by atoms with E-state index < -0.39 is 0 Å². The molecule has 1 aliphatic carbocycles. The Hall–Kier alpha value is -3.18. The Morgan fingerprint density at radius 1 is 1.20 bits per heavy atom. The normalized spacial score (nSPS) is 13.5. The van der Waals surface area contributed by atoms with E-state index in [2.05, 4.69) is 16.3 Å². The van der Waals surface area contributed by atoms with Crippen molar-refractivity contribution in [2.24, 2.45) is 7.05 Å². The number of aryl methyl sites for hydroxylation is 4. The van der Waals surface area contributed by atoms with Crippen LogP contribution >= 0.6 is 11.8 Å². The number of hydrogen-bond acceptors (Lipinski definition) is 6. The third kappa shape index (κ3) is 2.97. The minimum atomic E-state index is -0.0871. The molecule has 3 aromatic heterocycles. The third-order valence-corrected chi connectivity index (χ3v) is 6.65. The minimum absolute atomic E-state index is 0.0871. The summed E-state index contributed by atoms with van der Waals surface area (Å²) in [6.45, 7) is 1.97. The van der Waals surface area contributed by atoms with Gasteiger partial charge in [-0.2, -0.15) is 5.26 Å². The lowest BCUT2D eigenvalue weighted by atomic mass is 9.95. The molecule has 0 saturated carbocycles. The number of nitriles is 1. The lowest BCUT2D eigenvalue weighted by Crippen LogP contribution is -2.20. The maximum atomic E-state index is 12.7. The van der Waals surface area contributed by atoms with E-state index in [1.165, 1.54) is 21.9 Å². The maximum Gasteiger partial charge on any atom is 0.262 e. The first-order valence-corrected chi connectivity index (χ1v) is 10.9. The zero-order valence-corrected chi connectivity index (χ0v) is 17.7. The Morgan fingerprint density at radius 3 is 2.87 bits per heavy atom. The Bertz CT molecular complexity index is 1410. The van der Waals surface area contributed by atoms with Crippen molar-refractivity contribution in [1.29, 1.82) is 5.26 Å². The number of aromatic nitrogens is 5. The number of nitrogens with zero attached hydrogens (tertiary/aromatic N) is 6. The molecule has 0 radical (unpaired) electrons. The number of benzene rings is 1. The highest BCUT2D eigenvalue weighted by Crippen LogP contribution is 2.29. The molecule has 0 aliphatic heterocycles. The molecular formula is C22H20N6OS. The Kier molecular flexibility index (Phi) is 4.55. The van der Waals surface area contributed by atoms with Crippen LogP contribution in [0, 0.1) is 18.3 Å². The first kappa shape index (κ1) is 18.8. The topological polar surface area (TPSA) is 88.9 Å². The number of hydrogen-bond donors (Lipinski definition) is 0. The van der Waals surface area contributed by atoms with Crippen molar-refractivity contribution in [2.45, 2.75) is 43.4 Å². The standard InChI is InChI=1S/C22H20N6OS/c1-13-7-8-18-16(9-13)21(29)27(2)22-26-25-19(28(18)22)12-30-20-15(11-23)10-14-5-3-4-6-17(14)24-20/h7-10H,3-6,12H2,1-2H3. The zero-order valence-electron chi connectivity index (χ0n) is 16.8. The summed E-state index contributed by atoms with van der Waals surface area (Å²) < 4.78 is 3.45.